The van der Waals surface area contributed by atoms with Gasteiger partial charge in [-0.25, -0.2) is 0 Å². The van der Waals surface area contributed by atoms with Crippen LogP contribution in [0.3, 0.4) is 0 Å². The minimum atomic E-state index is 0.134. The van der Waals surface area contributed by atoms with Crippen LogP contribution in [0.4, 0.5) is 0 Å². The second kappa shape index (κ2) is 5.83. The van der Waals surface area contributed by atoms with E-state index < -0.39 is 0 Å². The number of carbonyl (C=O) groups excluding carboxylic acids is 1. The molecule has 0 amide bonds. The van der Waals surface area contributed by atoms with Crippen molar-refractivity contribution in [3.05, 3.63) is 33.5 Å². The lowest BCUT2D eigenvalue weighted by atomic mass is 9.95. The second-order valence-corrected chi connectivity index (χ2v) is 7.09. The van der Waals surface area contributed by atoms with Gasteiger partial charge in [0.25, 0.3) is 0 Å². The Morgan fingerprint density at radius 3 is 2.74 bits per heavy atom. The summed E-state index contributed by atoms with van der Waals surface area (Å²) in [7, 11) is 0. The van der Waals surface area contributed by atoms with E-state index in [9.17, 15) is 4.79 Å². The topological polar surface area (TPSA) is 29.4 Å². The molecule has 0 atom stereocenters. The summed E-state index contributed by atoms with van der Waals surface area (Å²) in [6, 6.07) is 4.07. The largest absolute Gasteiger partial charge is 0.293 e. The average molecular weight is 275 g/mol. The molecule has 0 fully saturated rings. The lowest BCUT2D eigenvalue weighted by molar-refractivity contribution is 0.0984. The molecule has 0 aliphatic carbocycles. The Morgan fingerprint density at radius 1 is 1.37 bits per heavy atom. The number of ketones is 1. The highest BCUT2D eigenvalue weighted by Crippen LogP contribution is 2.30. The first-order valence-corrected chi connectivity index (χ1v) is 7.60. The molecule has 2 heterocycles. The zero-order valence-corrected chi connectivity index (χ0v) is 12.7. The van der Waals surface area contributed by atoms with Crippen LogP contribution >= 0.6 is 11.3 Å². The molecular formula is C16H21NOS. The molecule has 2 rings (SSSR count). The maximum absolute atomic E-state index is 12.1. The number of carbonyl (C=O) groups is 1. The highest BCUT2D eigenvalue weighted by Gasteiger charge is 2.18. The van der Waals surface area contributed by atoms with Crippen LogP contribution in [-0.2, 0) is 5.41 Å². The number of allylic oxidation sites excluding steroid dienone is 1. The summed E-state index contributed by atoms with van der Waals surface area (Å²) >= 11 is 1.64. The van der Waals surface area contributed by atoms with Gasteiger partial charge < -0.3 is 0 Å². The van der Waals surface area contributed by atoms with Gasteiger partial charge in [-0.3, -0.25) is 9.79 Å². The molecule has 0 aromatic carbocycles. The van der Waals surface area contributed by atoms with E-state index in [1.165, 1.54) is 10.5 Å². The van der Waals surface area contributed by atoms with Gasteiger partial charge in [-0.15, -0.1) is 11.3 Å². The Morgan fingerprint density at radius 2 is 2.16 bits per heavy atom. The van der Waals surface area contributed by atoms with E-state index in [0.717, 1.165) is 24.3 Å². The molecule has 3 heteroatoms. The average Bonchev–Trinajstić information content (AvgIpc) is 2.99. The first kappa shape index (κ1) is 14.2. The molecule has 0 spiro atoms. The van der Waals surface area contributed by atoms with Crippen molar-refractivity contribution < 1.29 is 4.79 Å². The number of thiophene rings is 1. The molecule has 0 N–H and O–H groups in total. The molecule has 0 bridgehead atoms. The van der Waals surface area contributed by atoms with Crippen molar-refractivity contribution in [2.24, 2.45) is 4.99 Å². The zero-order valence-electron chi connectivity index (χ0n) is 11.9. The van der Waals surface area contributed by atoms with Crippen molar-refractivity contribution in [1.82, 2.24) is 0 Å². The van der Waals surface area contributed by atoms with E-state index in [-0.39, 0.29) is 11.2 Å². The summed E-state index contributed by atoms with van der Waals surface area (Å²) < 4.78 is 0. The van der Waals surface area contributed by atoms with Gasteiger partial charge in [0.2, 0.25) is 0 Å². The van der Waals surface area contributed by atoms with E-state index in [0.29, 0.717) is 6.42 Å². The van der Waals surface area contributed by atoms with E-state index >= 15 is 0 Å². The van der Waals surface area contributed by atoms with Crippen LogP contribution in [0.5, 0.6) is 0 Å². The lowest BCUT2D eigenvalue weighted by Gasteiger charge is -2.15. The molecule has 1 aromatic rings. The minimum Gasteiger partial charge on any atom is -0.293 e. The molecule has 19 heavy (non-hydrogen) atoms. The normalized spacial score (nSPS) is 14.8. The maximum Gasteiger partial charge on any atom is 0.172 e. The lowest BCUT2D eigenvalue weighted by Crippen LogP contribution is -2.07. The predicted molar refractivity (Wildman–Crippen MR) is 82.6 cm³/mol. The Labute approximate surface area is 119 Å². The van der Waals surface area contributed by atoms with Gasteiger partial charge in [-0.2, -0.15) is 0 Å². The van der Waals surface area contributed by atoms with Crippen molar-refractivity contribution in [2.45, 2.75) is 45.4 Å². The molecule has 1 aromatic heterocycles. The summed E-state index contributed by atoms with van der Waals surface area (Å²) in [5.74, 6) is 0.278. The van der Waals surface area contributed by atoms with Gasteiger partial charge in [0, 0.05) is 17.5 Å². The summed E-state index contributed by atoms with van der Waals surface area (Å²) in [6.07, 6.45) is 6.47. The minimum absolute atomic E-state index is 0.134. The van der Waals surface area contributed by atoms with E-state index in [2.05, 4.69) is 37.9 Å². The molecule has 0 saturated carbocycles. The van der Waals surface area contributed by atoms with E-state index in [1.54, 1.807) is 11.3 Å². The molecule has 102 valence electrons. The molecule has 2 nitrogen and oxygen atoms in total. The summed E-state index contributed by atoms with van der Waals surface area (Å²) in [5.41, 5.74) is 1.48. The van der Waals surface area contributed by atoms with Crippen LogP contribution in [0.15, 0.2) is 28.8 Å². The smallest absolute Gasteiger partial charge is 0.172 e. The van der Waals surface area contributed by atoms with Crippen LogP contribution in [-0.4, -0.2) is 18.5 Å². The van der Waals surface area contributed by atoms with Crippen molar-refractivity contribution in [1.29, 1.82) is 0 Å². The fourth-order valence-electron chi connectivity index (χ4n) is 2.03. The number of hydrogen-bond acceptors (Lipinski definition) is 3. The molecule has 0 unspecified atom stereocenters. The van der Waals surface area contributed by atoms with Crippen molar-refractivity contribution in [3.8, 4) is 0 Å². The third kappa shape index (κ3) is 3.87. The number of Topliss-reactive ketones (excluding diaryl/α,β-unsaturated/α-hetero) is 1. The maximum atomic E-state index is 12.1. The third-order valence-corrected chi connectivity index (χ3v) is 4.78. The van der Waals surface area contributed by atoms with Crippen LogP contribution in [0.25, 0.3) is 0 Å². The Bertz CT molecular complexity index is 517. The number of hydrogen-bond donors (Lipinski definition) is 0. The van der Waals surface area contributed by atoms with E-state index in [1.807, 2.05) is 12.3 Å². The van der Waals surface area contributed by atoms with Crippen LogP contribution in [0.1, 0.15) is 54.6 Å². The summed E-state index contributed by atoms with van der Waals surface area (Å²) in [5, 5.41) is 0. The zero-order chi connectivity index (χ0) is 13.9. The first-order chi connectivity index (χ1) is 8.97. The quantitative estimate of drug-likeness (QED) is 0.732. The van der Waals surface area contributed by atoms with Gasteiger partial charge >= 0.3 is 0 Å². The number of aliphatic imine (C=N–C) groups is 1. The fraction of sp³-hybridized carbons (Fsp3) is 0.500. The van der Waals surface area contributed by atoms with E-state index in [4.69, 9.17) is 0 Å². The number of rotatable bonds is 5. The third-order valence-electron chi connectivity index (χ3n) is 3.23. The first-order valence-electron chi connectivity index (χ1n) is 6.78. The Balaban J connectivity index is 1.84. The van der Waals surface area contributed by atoms with Gasteiger partial charge in [-0.1, -0.05) is 20.8 Å². The van der Waals surface area contributed by atoms with Gasteiger partial charge in [-0.05, 0) is 42.0 Å². The molecular weight excluding hydrogens is 254 g/mol. The SMILES string of the molecule is CC(C)(C)c1ccc(C(=O)CCCC2=CC=NC2)s1. The van der Waals surface area contributed by atoms with Crippen LogP contribution in [0, 0.1) is 0 Å². The monoisotopic (exact) mass is 275 g/mol. The van der Waals surface area contributed by atoms with Gasteiger partial charge in [0.1, 0.15) is 0 Å². The highest BCUT2D eigenvalue weighted by molar-refractivity contribution is 7.14. The summed E-state index contributed by atoms with van der Waals surface area (Å²) in [6.45, 7) is 7.36. The number of nitrogens with zero attached hydrogens (tertiary/aromatic N) is 1. The fourth-order valence-corrected chi connectivity index (χ4v) is 3.06. The molecule has 0 saturated heterocycles. The Hall–Kier alpha value is -1.22. The molecule has 0 radical (unpaired) electrons. The van der Waals surface area contributed by atoms with Crippen molar-refractivity contribution in [2.75, 3.05) is 6.54 Å². The van der Waals surface area contributed by atoms with Gasteiger partial charge in [0.05, 0.1) is 11.4 Å². The van der Waals surface area contributed by atoms with Crippen LogP contribution in [0.2, 0.25) is 0 Å². The molecule has 1 aliphatic heterocycles. The standard InChI is InChI=1S/C16H21NOS/c1-16(2,3)15-8-7-14(19-15)13(18)6-4-5-12-9-10-17-11-12/h7-10H,4-6,11H2,1-3H3. The molecule has 1 aliphatic rings. The van der Waals surface area contributed by atoms with Crippen molar-refractivity contribution in [3.63, 3.8) is 0 Å². The second-order valence-electron chi connectivity index (χ2n) is 6.01. The van der Waals surface area contributed by atoms with Gasteiger partial charge in [0.15, 0.2) is 5.78 Å². The Kier molecular flexibility index (Phi) is 4.35. The van der Waals surface area contributed by atoms with Crippen molar-refractivity contribution >= 4 is 23.3 Å². The van der Waals surface area contributed by atoms with Crippen LogP contribution < -0.4 is 0 Å². The highest BCUT2D eigenvalue weighted by atomic mass is 32.1. The predicted octanol–water partition coefficient (Wildman–Crippen LogP) is 4.41. The summed E-state index contributed by atoms with van der Waals surface area (Å²) in [4.78, 5) is 18.5.